The lowest BCUT2D eigenvalue weighted by Gasteiger charge is -2.13. The zero-order valence-electron chi connectivity index (χ0n) is 12.5. The molecule has 0 radical (unpaired) electrons. The van der Waals surface area contributed by atoms with E-state index in [1.165, 1.54) is 5.56 Å². The van der Waals surface area contributed by atoms with Gasteiger partial charge in [-0.25, -0.2) is 4.98 Å². The largest absolute Gasteiger partial charge is 0.486 e. The molecule has 21 heavy (non-hydrogen) atoms. The van der Waals surface area contributed by atoms with Crippen molar-refractivity contribution in [1.82, 2.24) is 10.3 Å². The van der Waals surface area contributed by atoms with Crippen LogP contribution >= 0.6 is 27.3 Å². The summed E-state index contributed by atoms with van der Waals surface area (Å²) < 4.78 is 6.99. The van der Waals surface area contributed by atoms with Crippen LogP contribution in [0, 0.1) is 0 Å². The van der Waals surface area contributed by atoms with Crippen molar-refractivity contribution in [2.75, 3.05) is 6.54 Å². The number of benzene rings is 1. The molecule has 0 fully saturated rings. The van der Waals surface area contributed by atoms with Gasteiger partial charge in [-0.1, -0.05) is 26.0 Å². The van der Waals surface area contributed by atoms with Crippen LogP contribution in [0.2, 0.25) is 0 Å². The fourth-order valence-corrected chi connectivity index (χ4v) is 3.23. The maximum Gasteiger partial charge on any atom is 0.138 e. The first-order valence-corrected chi connectivity index (χ1v) is 8.96. The number of thiazole rings is 1. The van der Waals surface area contributed by atoms with E-state index in [4.69, 9.17) is 4.74 Å². The van der Waals surface area contributed by atoms with Crippen LogP contribution in [-0.2, 0) is 19.6 Å². The van der Waals surface area contributed by atoms with Crippen LogP contribution < -0.4 is 10.1 Å². The summed E-state index contributed by atoms with van der Waals surface area (Å²) in [5.74, 6) is 0.909. The Balaban J connectivity index is 2.03. The molecule has 114 valence electrons. The molecule has 0 aliphatic heterocycles. The fourth-order valence-electron chi connectivity index (χ4n) is 1.98. The molecular weight excluding hydrogens is 348 g/mol. The molecule has 0 atom stereocenters. The summed E-state index contributed by atoms with van der Waals surface area (Å²) in [4.78, 5) is 4.54. The number of para-hydroxylation sites is 1. The van der Waals surface area contributed by atoms with Gasteiger partial charge >= 0.3 is 0 Å². The SMILES string of the molecule is CCCNCc1cccc(Br)c1OCc1csc(CC)n1. The van der Waals surface area contributed by atoms with Crippen LogP contribution in [0.15, 0.2) is 28.1 Å². The maximum atomic E-state index is 6.00. The van der Waals surface area contributed by atoms with Crippen molar-refractivity contribution in [3.05, 3.63) is 44.3 Å². The minimum Gasteiger partial charge on any atom is -0.486 e. The minimum absolute atomic E-state index is 0.514. The Hall–Kier alpha value is -0.910. The smallest absolute Gasteiger partial charge is 0.138 e. The molecule has 0 amide bonds. The second-order valence-electron chi connectivity index (χ2n) is 4.78. The molecule has 0 spiro atoms. The van der Waals surface area contributed by atoms with E-state index in [0.717, 1.165) is 46.9 Å². The lowest BCUT2D eigenvalue weighted by molar-refractivity contribution is 0.296. The second kappa shape index (κ2) is 8.51. The number of nitrogens with one attached hydrogen (secondary N) is 1. The van der Waals surface area contributed by atoms with Crippen molar-refractivity contribution in [2.45, 2.75) is 39.8 Å². The number of hydrogen-bond donors (Lipinski definition) is 1. The summed E-state index contributed by atoms with van der Waals surface area (Å²) in [6.07, 6.45) is 2.11. The summed E-state index contributed by atoms with van der Waals surface area (Å²) in [6.45, 7) is 6.63. The lowest BCUT2D eigenvalue weighted by Crippen LogP contribution is -2.14. The summed E-state index contributed by atoms with van der Waals surface area (Å²) in [6, 6.07) is 6.15. The van der Waals surface area contributed by atoms with Gasteiger partial charge in [0.05, 0.1) is 15.2 Å². The van der Waals surface area contributed by atoms with E-state index in [2.05, 4.69) is 51.5 Å². The Kier molecular flexibility index (Phi) is 6.67. The number of aromatic nitrogens is 1. The van der Waals surface area contributed by atoms with E-state index < -0.39 is 0 Å². The first-order valence-electron chi connectivity index (χ1n) is 7.28. The molecule has 0 unspecified atom stereocenters. The average molecular weight is 369 g/mol. The number of nitrogens with zero attached hydrogens (tertiary/aromatic N) is 1. The highest BCUT2D eigenvalue weighted by atomic mass is 79.9. The van der Waals surface area contributed by atoms with Gasteiger partial charge in [-0.2, -0.15) is 0 Å². The Bertz CT molecular complexity index is 571. The van der Waals surface area contributed by atoms with Crippen LogP contribution in [0.4, 0.5) is 0 Å². The molecule has 1 aromatic carbocycles. The third-order valence-electron chi connectivity index (χ3n) is 3.06. The van der Waals surface area contributed by atoms with Crippen molar-refractivity contribution < 1.29 is 4.74 Å². The van der Waals surface area contributed by atoms with Crippen LogP contribution in [-0.4, -0.2) is 11.5 Å². The maximum absolute atomic E-state index is 6.00. The molecule has 1 heterocycles. The van der Waals surface area contributed by atoms with Gasteiger partial charge in [-0.05, 0) is 41.4 Å². The highest BCUT2D eigenvalue weighted by molar-refractivity contribution is 9.10. The lowest BCUT2D eigenvalue weighted by atomic mass is 10.2. The molecular formula is C16H21BrN2OS. The van der Waals surface area contributed by atoms with Crippen LogP contribution in [0.3, 0.4) is 0 Å². The van der Waals surface area contributed by atoms with Gasteiger partial charge in [0.2, 0.25) is 0 Å². The molecule has 0 aliphatic carbocycles. The van der Waals surface area contributed by atoms with Crippen molar-refractivity contribution in [2.24, 2.45) is 0 Å². The molecule has 5 heteroatoms. The summed E-state index contributed by atoms with van der Waals surface area (Å²) in [5.41, 5.74) is 2.17. The van der Waals surface area contributed by atoms with Crippen molar-refractivity contribution >= 4 is 27.3 Å². The van der Waals surface area contributed by atoms with Gasteiger partial charge in [0.25, 0.3) is 0 Å². The van der Waals surface area contributed by atoms with E-state index in [-0.39, 0.29) is 0 Å². The topological polar surface area (TPSA) is 34.1 Å². The predicted octanol–water partition coefficient (Wildman–Crippen LogP) is 4.55. The molecule has 2 rings (SSSR count). The molecule has 0 saturated heterocycles. The number of aryl methyl sites for hydroxylation is 1. The Labute approximate surface area is 138 Å². The summed E-state index contributed by atoms with van der Waals surface area (Å²) >= 11 is 5.27. The van der Waals surface area contributed by atoms with Gasteiger partial charge in [0.1, 0.15) is 12.4 Å². The molecule has 0 bridgehead atoms. The predicted molar refractivity (Wildman–Crippen MR) is 92.0 cm³/mol. The Morgan fingerprint density at radius 2 is 2.19 bits per heavy atom. The van der Waals surface area contributed by atoms with Crippen LogP contribution in [0.5, 0.6) is 5.75 Å². The fraction of sp³-hybridized carbons (Fsp3) is 0.438. The van der Waals surface area contributed by atoms with Gasteiger partial charge in [-0.3, -0.25) is 0 Å². The zero-order chi connectivity index (χ0) is 15.1. The van der Waals surface area contributed by atoms with Crippen LogP contribution in [0.25, 0.3) is 0 Å². The van der Waals surface area contributed by atoms with Gasteiger partial charge < -0.3 is 10.1 Å². The zero-order valence-corrected chi connectivity index (χ0v) is 14.9. The highest BCUT2D eigenvalue weighted by Crippen LogP contribution is 2.30. The van der Waals surface area contributed by atoms with E-state index >= 15 is 0 Å². The first-order chi connectivity index (χ1) is 10.2. The molecule has 1 aromatic heterocycles. The molecule has 3 nitrogen and oxygen atoms in total. The third kappa shape index (κ3) is 4.80. The summed E-state index contributed by atoms with van der Waals surface area (Å²) in [5, 5.41) is 6.65. The summed E-state index contributed by atoms with van der Waals surface area (Å²) in [7, 11) is 0. The van der Waals surface area contributed by atoms with Gasteiger partial charge in [-0.15, -0.1) is 11.3 Å². The minimum atomic E-state index is 0.514. The van der Waals surface area contributed by atoms with E-state index in [0.29, 0.717) is 6.61 Å². The van der Waals surface area contributed by atoms with E-state index in [1.54, 1.807) is 11.3 Å². The second-order valence-corrected chi connectivity index (χ2v) is 6.58. The van der Waals surface area contributed by atoms with Gasteiger partial charge in [0.15, 0.2) is 0 Å². The standard InChI is InChI=1S/C16H21BrN2OS/c1-3-8-18-9-12-6-5-7-14(17)16(12)20-10-13-11-21-15(4-2)19-13/h5-7,11,18H,3-4,8-10H2,1-2H3. The van der Waals surface area contributed by atoms with E-state index in [1.807, 2.05) is 12.1 Å². The average Bonchev–Trinajstić information content (AvgIpc) is 2.95. The quantitative estimate of drug-likeness (QED) is 0.694. The van der Waals surface area contributed by atoms with Crippen LogP contribution in [0.1, 0.15) is 36.5 Å². The molecule has 0 aliphatic rings. The first kappa shape index (κ1) is 16.5. The highest BCUT2D eigenvalue weighted by Gasteiger charge is 2.09. The molecule has 1 N–H and O–H groups in total. The number of ether oxygens (including phenoxy) is 1. The monoisotopic (exact) mass is 368 g/mol. The van der Waals surface area contributed by atoms with Gasteiger partial charge in [0, 0.05) is 17.5 Å². The molecule has 2 aromatic rings. The number of rotatable bonds is 8. The normalized spacial score (nSPS) is 10.8. The Morgan fingerprint density at radius 1 is 1.33 bits per heavy atom. The van der Waals surface area contributed by atoms with Crippen molar-refractivity contribution in [3.63, 3.8) is 0 Å². The van der Waals surface area contributed by atoms with Crippen molar-refractivity contribution in [3.8, 4) is 5.75 Å². The third-order valence-corrected chi connectivity index (χ3v) is 4.72. The van der Waals surface area contributed by atoms with E-state index in [9.17, 15) is 0 Å². The number of hydrogen-bond acceptors (Lipinski definition) is 4. The number of halogens is 1. The Morgan fingerprint density at radius 3 is 2.90 bits per heavy atom. The van der Waals surface area contributed by atoms with Crippen molar-refractivity contribution in [1.29, 1.82) is 0 Å². The molecule has 0 saturated carbocycles.